The molecule has 2 aromatic carbocycles. The van der Waals surface area contributed by atoms with Crippen molar-refractivity contribution in [1.29, 1.82) is 0 Å². The second-order valence-electron chi connectivity index (χ2n) is 5.66. The van der Waals surface area contributed by atoms with Crippen molar-refractivity contribution in [3.8, 4) is 11.5 Å². The maximum absolute atomic E-state index is 12.0. The third-order valence-corrected chi connectivity index (χ3v) is 4.81. The van der Waals surface area contributed by atoms with Crippen LogP contribution in [-0.4, -0.2) is 24.4 Å². The van der Waals surface area contributed by atoms with Crippen LogP contribution >= 0.6 is 11.3 Å². The van der Waals surface area contributed by atoms with Gasteiger partial charge >= 0.3 is 6.03 Å². The van der Waals surface area contributed by atoms with Crippen LogP contribution in [0.1, 0.15) is 12.0 Å². The van der Waals surface area contributed by atoms with E-state index in [9.17, 15) is 4.79 Å². The summed E-state index contributed by atoms with van der Waals surface area (Å²) in [6.45, 7) is 0.852. The van der Waals surface area contributed by atoms with Crippen LogP contribution in [0.4, 0.5) is 9.93 Å². The van der Waals surface area contributed by atoms with E-state index in [1.54, 1.807) is 0 Å². The number of anilines is 1. The van der Waals surface area contributed by atoms with Crippen LogP contribution in [-0.2, 0) is 6.42 Å². The fourth-order valence-electron chi connectivity index (χ4n) is 2.65. The summed E-state index contributed by atoms with van der Waals surface area (Å²) >= 11 is 1.41. The maximum atomic E-state index is 12.0. The van der Waals surface area contributed by atoms with Gasteiger partial charge in [0.05, 0.1) is 10.2 Å². The number of hydrogen-bond donors (Lipinski definition) is 2. The van der Waals surface area contributed by atoms with Gasteiger partial charge in [-0.1, -0.05) is 41.7 Å². The first-order chi connectivity index (χ1) is 12.3. The van der Waals surface area contributed by atoms with Crippen molar-refractivity contribution in [3.63, 3.8) is 0 Å². The number of rotatable bonds is 5. The number of carbonyl (C=O) groups excluding carboxylic acids is 1. The van der Waals surface area contributed by atoms with Crippen LogP contribution in [0.5, 0.6) is 11.5 Å². The minimum absolute atomic E-state index is 0.239. The lowest BCUT2D eigenvalue weighted by atomic mass is 10.1. The minimum Gasteiger partial charge on any atom is -0.454 e. The number of aromatic nitrogens is 1. The molecule has 6 nitrogen and oxygen atoms in total. The molecule has 0 aliphatic carbocycles. The predicted octanol–water partition coefficient (Wildman–Crippen LogP) is 3.78. The summed E-state index contributed by atoms with van der Waals surface area (Å²) < 4.78 is 11.6. The van der Waals surface area contributed by atoms with Crippen LogP contribution in [0.3, 0.4) is 0 Å². The molecular formula is C18H17N3O3S. The van der Waals surface area contributed by atoms with E-state index in [-0.39, 0.29) is 12.8 Å². The minimum atomic E-state index is -0.243. The van der Waals surface area contributed by atoms with Crippen LogP contribution in [0.15, 0.2) is 42.5 Å². The molecule has 0 atom stereocenters. The first kappa shape index (κ1) is 15.7. The Hall–Kier alpha value is -2.80. The average molecular weight is 355 g/mol. The molecule has 2 heterocycles. The molecule has 0 spiro atoms. The van der Waals surface area contributed by atoms with Crippen molar-refractivity contribution < 1.29 is 14.3 Å². The summed E-state index contributed by atoms with van der Waals surface area (Å²) in [7, 11) is 0. The topological polar surface area (TPSA) is 72.5 Å². The molecule has 0 bridgehead atoms. The van der Waals surface area contributed by atoms with Crippen LogP contribution in [0, 0.1) is 0 Å². The van der Waals surface area contributed by atoms with Gasteiger partial charge < -0.3 is 14.8 Å². The van der Waals surface area contributed by atoms with Crippen molar-refractivity contribution in [2.75, 3.05) is 18.7 Å². The van der Waals surface area contributed by atoms with Gasteiger partial charge in [-0.15, -0.1) is 0 Å². The zero-order valence-electron chi connectivity index (χ0n) is 13.5. The molecule has 1 aliphatic heterocycles. The van der Waals surface area contributed by atoms with Gasteiger partial charge in [-0.25, -0.2) is 9.78 Å². The maximum Gasteiger partial charge on any atom is 0.321 e. The number of aryl methyl sites for hydroxylation is 1. The number of urea groups is 1. The molecule has 0 saturated heterocycles. The first-order valence-electron chi connectivity index (χ1n) is 8.07. The average Bonchev–Trinajstić information content (AvgIpc) is 3.22. The van der Waals surface area contributed by atoms with Crippen molar-refractivity contribution in [1.82, 2.24) is 10.3 Å². The van der Waals surface area contributed by atoms with Gasteiger partial charge in [-0.2, -0.15) is 0 Å². The molecule has 0 radical (unpaired) electrons. The van der Waals surface area contributed by atoms with Crippen LogP contribution < -0.4 is 20.1 Å². The van der Waals surface area contributed by atoms with E-state index in [1.165, 1.54) is 16.9 Å². The number of ether oxygens (including phenoxy) is 2. The number of benzene rings is 2. The summed E-state index contributed by atoms with van der Waals surface area (Å²) in [5, 5.41) is 6.19. The fraction of sp³-hybridized carbons (Fsp3) is 0.222. The second kappa shape index (κ2) is 6.98. The number of thiazole rings is 1. The normalized spacial score (nSPS) is 12.3. The molecule has 3 aromatic rings. The number of fused-ring (bicyclic) bond motifs is 2. The zero-order valence-corrected chi connectivity index (χ0v) is 14.3. The molecule has 0 unspecified atom stereocenters. The molecule has 25 heavy (non-hydrogen) atoms. The summed E-state index contributed by atoms with van der Waals surface area (Å²) in [6.07, 6.45) is 1.83. The van der Waals surface area contributed by atoms with Gasteiger partial charge in [0, 0.05) is 18.7 Å². The van der Waals surface area contributed by atoms with Gasteiger partial charge in [-0.3, -0.25) is 5.32 Å². The SMILES string of the molecule is O=C(NCCCc1ccccc1)Nc1nc2cc3c(cc2s1)OCO3. The van der Waals surface area contributed by atoms with E-state index in [4.69, 9.17) is 9.47 Å². The lowest BCUT2D eigenvalue weighted by molar-refractivity contribution is 0.174. The first-order valence-corrected chi connectivity index (χ1v) is 8.88. The van der Waals surface area contributed by atoms with E-state index in [0.29, 0.717) is 23.2 Å². The standard InChI is InChI=1S/C18H17N3O3S/c22-17(19-8-4-7-12-5-2-1-3-6-12)21-18-20-13-9-14-15(24-11-23-14)10-16(13)25-18/h1-3,5-6,9-10H,4,7-8,11H2,(H2,19,20,21,22). The quantitative estimate of drug-likeness (QED) is 0.683. The summed E-state index contributed by atoms with van der Waals surface area (Å²) in [4.78, 5) is 16.4. The fourth-order valence-corrected chi connectivity index (χ4v) is 3.52. The molecule has 2 N–H and O–H groups in total. The molecule has 128 valence electrons. The summed E-state index contributed by atoms with van der Waals surface area (Å²) in [6, 6.07) is 13.7. The van der Waals surface area contributed by atoms with Crippen molar-refractivity contribution in [2.45, 2.75) is 12.8 Å². The number of carbonyl (C=O) groups is 1. The summed E-state index contributed by atoms with van der Waals surface area (Å²) in [5.41, 5.74) is 2.06. The predicted molar refractivity (Wildman–Crippen MR) is 97.5 cm³/mol. The van der Waals surface area contributed by atoms with Gasteiger partial charge in [0.25, 0.3) is 0 Å². The number of nitrogens with zero attached hydrogens (tertiary/aromatic N) is 1. The largest absolute Gasteiger partial charge is 0.454 e. The molecule has 4 rings (SSSR count). The number of hydrogen-bond acceptors (Lipinski definition) is 5. The van der Waals surface area contributed by atoms with Gasteiger partial charge in [0.15, 0.2) is 16.6 Å². The second-order valence-corrected chi connectivity index (χ2v) is 6.69. The van der Waals surface area contributed by atoms with E-state index in [0.717, 1.165) is 23.1 Å². The summed E-state index contributed by atoms with van der Waals surface area (Å²) in [5.74, 6) is 1.41. The Kier molecular flexibility index (Phi) is 4.39. The Bertz CT molecular complexity index is 854. The third-order valence-electron chi connectivity index (χ3n) is 3.87. The Morgan fingerprint density at radius 1 is 1.16 bits per heavy atom. The highest BCUT2D eigenvalue weighted by atomic mass is 32.1. The van der Waals surface area contributed by atoms with Crippen molar-refractivity contribution in [2.24, 2.45) is 0 Å². The molecule has 0 fully saturated rings. The van der Waals surface area contributed by atoms with E-state index in [2.05, 4.69) is 27.8 Å². The van der Waals surface area contributed by atoms with Gasteiger partial charge in [0.1, 0.15) is 0 Å². The molecule has 1 aromatic heterocycles. The molecule has 0 saturated carbocycles. The zero-order chi connectivity index (χ0) is 17.1. The Morgan fingerprint density at radius 3 is 2.80 bits per heavy atom. The van der Waals surface area contributed by atoms with Gasteiger partial charge in [0.2, 0.25) is 6.79 Å². The highest BCUT2D eigenvalue weighted by molar-refractivity contribution is 7.22. The monoisotopic (exact) mass is 355 g/mol. The number of amides is 2. The molecule has 1 aliphatic rings. The smallest absolute Gasteiger partial charge is 0.321 e. The van der Waals surface area contributed by atoms with Crippen LogP contribution in [0.2, 0.25) is 0 Å². The number of nitrogens with one attached hydrogen (secondary N) is 2. The molecular weight excluding hydrogens is 338 g/mol. The lowest BCUT2D eigenvalue weighted by Gasteiger charge is -2.05. The van der Waals surface area contributed by atoms with Crippen molar-refractivity contribution in [3.05, 3.63) is 48.0 Å². The van der Waals surface area contributed by atoms with Crippen molar-refractivity contribution >= 4 is 32.7 Å². The Labute approximate surface area is 148 Å². The molecule has 7 heteroatoms. The lowest BCUT2D eigenvalue weighted by Crippen LogP contribution is -2.29. The highest BCUT2D eigenvalue weighted by Crippen LogP contribution is 2.38. The molecule has 2 amide bonds. The Balaban J connectivity index is 1.29. The third kappa shape index (κ3) is 3.66. The van der Waals surface area contributed by atoms with E-state index >= 15 is 0 Å². The highest BCUT2D eigenvalue weighted by Gasteiger charge is 2.17. The van der Waals surface area contributed by atoms with Crippen LogP contribution in [0.25, 0.3) is 10.2 Å². The van der Waals surface area contributed by atoms with E-state index in [1.807, 2.05) is 30.3 Å². The Morgan fingerprint density at radius 2 is 1.96 bits per heavy atom. The van der Waals surface area contributed by atoms with Gasteiger partial charge in [-0.05, 0) is 18.4 Å². The van der Waals surface area contributed by atoms with E-state index < -0.39 is 0 Å².